The molecule has 5 nitrogen and oxygen atoms in total. The van der Waals surface area contributed by atoms with Gasteiger partial charge in [-0.25, -0.2) is 0 Å². The third-order valence-electron chi connectivity index (χ3n) is 1.85. The monoisotopic (exact) mass is 260 g/mol. The summed E-state index contributed by atoms with van der Waals surface area (Å²) < 4.78 is 0. The molecule has 0 unspecified atom stereocenters. The van der Waals surface area contributed by atoms with E-state index < -0.39 is 0 Å². The van der Waals surface area contributed by atoms with Crippen molar-refractivity contribution < 1.29 is 14.4 Å². The molecular formula is C11H13KN2O3. The number of fused-ring (bicyclic) bond motifs is 1. The second kappa shape index (κ2) is 7.73. The van der Waals surface area contributed by atoms with Crippen LogP contribution in [0.1, 0.15) is 20.7 Å². The summed E-state index contributed by atoms with van der Waals surface area (Å²) in [6.07, 6.45) is 0.750. The van der Waals surface area contributed by atoms with E-state index in [0.717, 1.165) is 6.41 Å². The van der Waals surface area contributed by atoms with Crippen LogP contribution in [0.5, 0.6) is 0 Å². The molecule has 3 amide bonds. The van der Waals surface area contributed by atoms with Crippen molar-refractivity contribution in [2.24, 2.45) is 0 Å². The van der Waals surface area contributed by atoms with Crippen molar-refractivity contribution in [2.75, 3.05) is 14.1 Å². The van der Waals surface area contributed by atoms with Crippen LogP contribution in [0.3, 0.4) is 0 Å². The first-order valence-corrected chi connectivity index (χ1v) is 4.62. The SMILES string of the molecule is CN(C)C=O.O=C1NC(=O)c2ccccc21.[KH]. The van der Waals surface area contributed by atoms with Crippen LogP contribution >= 0.6 is 0 Å². The number of nitrogens with one attached hydrogen (secondary N) is 1. The Bertz CT molecular complexity index is 399. The molecule has 0 aromatic heterocycles. The van der Waals surface area contributed by atoms with Gasteiger partial charge in [0.25, 0.3) is 11.8 Å². The third-order valence-corrected chi connectivity index (χ3v) is 1.85. The van der Waals surface area contributed by atoms with Crippen LogP contribution in [0.25, 0.3) is 0 Å². The van der Waals surface area contributed by atoms with E-state index in [-0.39, 0.29) is 63.2 Å². The topological polar surface area (TPSA) is 66.5 Å². The molecular weight excluding hydrogens is 247 g/mol. The van der Waals surface area contributed by atoms with Gasteiger partial charge in [0.05, 0.1) is 11.1 Å². The van der Waals surface area contributed by atoms with Gasteiger partial charge >= 0.3 is 51.4 Å². The fraction of sp³-hybridized carbons (Fsp3) is 0.182. The summed E-state index contributed by atoms with van der Waals surface area (Å²) in [6, 6.07) is 6.74. The zero-order chi connectivity index (χ0) is 12.1. The first kappa shape index (κ1) is 16.5. The Labute approximate surface area is 142 Å². The Hall–Kier alpha value is -0.534. The number of benzene rings is 1. The first-order chi connectivity index (χ1) is 7.56. The predicted molar refractivity (Wildman–Crippen MR) is 65.1 cm³/mol. The molecule has 6 heteroatoms. The van der Waals surface area contributed by atoms with Crippen molar-refractivity contribution >= 4 is 69.6 Å². The van der Waals surface area contributed by atoms with Crippen molar-refractivity contribution in [3.63, 3.8) is 0 Å². The summed E-state index contributed by atoms with van der Waals surface area (Å²) in [5.41, 5.74) is 0.940. The van der Waals surface area contributed by atoms with Crippen LogP contribution < -0.4 is 5.32 Å². The van der Waals surface area contributed by atoms with Crippen molar-refractivity contribution in [2.45, 2.75) is 0 Å². The Kier molecular flexibility index (Phi) is 7.48. The van der Waals surface area contributed by atoms with Crippen molar-refractivity contribution in [1.82, 2.24) is 10.2 Å². The quantitative estimate of drug-likeness (QED) is 0.425. The minimum absolute atomic E-state index is 0. The van der Waals surface area contributed by atoms with Crippen molar-refractivity contribution in [1.29, 1.82) is 0 Å². The molecule has 0 radical (unpaired) electrons. The van der Waals surface area contributed by atoms with Crippen molar-refractivity contribution in [3.8, 4) is 0 Å². The van der Waals surface area contributed by atoms with E-state index in [9.17, 15) is 14.4 Å². The van der Waals surface area contributed by atoms with Gasteiger partial charge in [-0.3, -0.25) is 19.7 Å². The van der Waals surface area contributed by atoms with Crippen LogP contribution in [-0.4, -0.2) is 88.6 Å². The number of carbonyl (C=O) groups is 3. The molecule has 86 valence electrons. The van der Waals surface area contributed by atoms with Gasteiger partial charge in [0, 0.05) is 14.1 Å². The molecule has 1 N–H and O–H groups in total. The van der Waals surface area contributed by atoms with Crippen LogP contribution in [0, 0.1) is 0 Å². The minimum atomic E-state index is -0.300. The van der Waals surface area contributed by atoms with Gasteiger partial charge in [-0.05, 0) is 12.1 Å². The van der Waals surface area contributed by atoms with Gasteiger partial charge in [-0.1, -0.05) is 12.1 Å². The van der Waals surface area contributed by atoms with Gasteiger partial charge in [0.2, 0.25) is 6.41 Å². The Balaban J connectivity index is 0.000000373. The molecule has 0 atom stereocenters. The molecule has 0 bridgehead atoms. The number of imide groups is 1. The predicted octanol–water partition coefficient (Wildman–Crippen LogP) is -0.374. The number of rotatable bonds is 1. The molecule has 0 spiro atoms. The van der Waals surface area contributed by atoms with E-state index >= 15 is 0 Å². The van der Waals surface area contributed by atoms with E-state index in [1.165, 1.54) is 4.90 Å². The first-order valence-electron chi connectivity index (χ1n) is 4.62. The molecule has 0 fully saturated rings. The van der Waals surface area contributed by atoms with Crippen LogP contribution in [0.15, 0.2) is 24.3 Å². The normalized spacial score (nSPS) is 11.4. The van der Waals surface area contributed by atoms with E-state index in [0.29, 0.717) is 11.1 Å². The summed E-state index contributed by atoms with van der Waals surface area (Å²) in [6.45, 7) is 0. The molecule has 0 saturated carbocycles. The van der Waals surface area contributed by atoms with Crippen LogP contribution in [0.4, 0.5) is 0 Å². The van der Waals surface area contributed by atoms with E-state index in [4.69, 9.17) is 0 Å². The molecule has 0 saturated heterocycles. The van der Waals surface area contributed by atoms with Gasteiger partial charge in [-0.2, -0.15) is 0 Å². The molecule has 1 aliphatic heterocycles. The van der Waals surface area contributed by atoms with Crippen LogP contribution in [-0.2, 0) is 4.79 Å². The summed E-state index contributed by atoms with van der Waals surface area (Å²) in [7, 11) is 3.38. The number of nitrogens with zero attached hydrogens (tertiary/aromatic N) is 1. The zero-order valence-electron chi connectivity index (χ0n) is 9.06. The van der Waals surface area contributed by atoms with Gasteiger partial charge in [0.15, 0.2) is 0 Å². The summed E-state index contributed by atoms with van der Waals surface area (Å²) in [5, 5.41) is 2.20. The molecule has 17 heavy (non-hydrogen) atoms. The van der Waals surface area contributed by atoms with Gasteiger partial charge in [-0.15, -0.1) is 0 Å². The maximum absolute atomic E-state index is 10.9. The van der Waals surface area contributed by atoms with Gasteiger partial charge in [0.1, 0.15) is 0 Å². The zero-order valence-corrected chi connectivity index (χ0v) is 9.06. The number of carbonyl (C=O) groups excluding carboxylic acids is 3. The molecule has 0 aliphatic carbocycles. The number of hydrogen-bond donors (Lipinski definition) is 1. The summed E-state index contributed by atoms with van der Waals surface area (Å²) in [4.78, 5) is 32.8. The Morgan fingerprint density at radius 2 is 1.41 bits per heavy atom. The molecule has 2 rings (SSSR count). The van der Waals surface area contributed by atoms with E-state index in [1.54, 1.807) is 38.4 Å². The average Bonchev–Trinajstić information content (AvgIpc) is 2.56. The summed E-state index contributed by atoms with van der Waals surface area (Å²) >= 11 is 0. The molecule has 1 aliphatic rings. The average molecular weight is 260 g/mol. The van der Waals surface area contributed by atoms with E-state index in [2.05, 4.69) is 5.32 Å². The fourth-order valence-electron chi connectivity index (χ4n) is 1.12. The molecule has 1 aromatic carbocycles. The Morgan fingerprint density at radius 3 is 1.71 bits per heavy atom. The fourth-order valence-corrected chi connectivity index (χ4v) is 1.12. The second-order valence-corrected chi connectivity index (χ2v) is 3.40. The van der Waals surface area contributed by atoms with Crippen molar-refractivity contribution in [3.05, 3.63) is 35.4 Å². The number of amides is 3. The Morgan fingerprint density at radius 1 is 1.06 bits per heavy atom. The molecule has 1 heterocycles. The maximum atomic E-state index is 10.9. The second-order valence-electron chi connectivity index (χ2n) is 3.40. The molecule has 1 aromatic rings. The standard InChI is InChI=1S/C8H5NO2.C3H7NO.K.H/c10-7-5-3-1-2-4-6(5)8(11)9-7;1-4(2)3-5;;/h1-4H,(H,9,10,11);3H,1-2H3;;. The van der Waals surface area contributed by atoms with Gasteiger partial charge < -0.3 is 4.90 Å². The van der Waals surface area contributed by atoms with E-state index in [1.807, 2.05) is 0 Å². The summed E-state index contributed by atoms with van der Waals surface area (Å²) in [5.74, 6) is -0.601. The third kappa shape index (κ3) is 4.69. The van der Waals surface area contributed by atoms with Crippen LogP contribution in [0.2, 0.25) is 0 Å². The number of hydrogen-bond acceptors (Lipinski definition) is 3.